The Morgan fingerprint density at radius 3 is 2.56 bits per heavy atom. The predicted octanol–water partition coefficient (Wildman–Crippen LogP) is 2.85. The van der Waals surface area contributed by atoms with E-state index in [4.69, 9.17) is 0 Å². The van der Waals surface area contributed by atoms with Gasteiger partial charge >= 0.3 is 7.68 Å². The SMILES string of the molecule is CCCCP(=O)(F)OF. The summed E-state index contributed by atoms with van der Waals surface area (Å²) >= 11 is 0. The van der Waals surface area contributed by atoms with Crippen LogP contribution >= 0.6 is 7.68 Å². The van der Waals surface area contributed by atoms with E-state index in [-0.39, 0.29) is 6.16 Å². The van der Waals surface area contributed by atoms with Crippen LogP contribution in [0.1, 0.15) is 19.8 Å². The highest BCUT2D eigenvalue weighted by Gasteiger charge is 2.21. The fourth-order valence-corrected chi connectivity index (χ4v) is 1.14. The average Bonchev–Trinajstić information content (AvgIpc) is 1.84. The Labute approximate surface area is 52.7 Å². The van der Waals surface area contributed by atoms with Crippen LogP contribution in [0, 0.1) is 0 Å². The van der Waals surface area contributed by atoms with Crippen LogP contribution < -0.4 is 0 Å². The zero-order valence-electron chi connectivity index (χ0n) is 5.14. The first-order valence-electron chi connectivity index (χ1n) is 2.71. The lowest BCUT2D eigenvalue weighted by Crippen LogP contribution is -1.82. The topological polar surface area (TPSA) is 26.3 Å². The molecule has 1 unspecified atom stereocenters. The smallest absolute Gasteiger partial charge is 0.252 e. The van der Waals surface area contributed by atoms with Gasteiger partial charge in [-0.2, -0.15) is 4.20 Å². The molecule has 0 aromatic heterocycles. The van der Waals surface area contributed by atoms with E-state index in [0.717, 1.165) is 0 Å². The highest BCUT2D eigenvalue weighted by atomic mass is 31.2. The Balaban J connectivity index is 3.46. The Bertz CT molecular complexity index is 117. The molecule has 0 saturated heterocycles. The summed E-state index contributed by atoms with van der Waals surface area (Å²) in [5.41, 5.74) is 0. The lowest BCUT2D eigenvalue weighted by Gasteiger charge is -1.98. The first kappa shape index (κ1) is 9.05. The van der Waals surface area contributed by atoms with Gasteiger partial charge in [0.05, 0.1) is 6.16 Å². The Hall–Kier alpha value is 0.0500. The number of hydrogen-bond donors (Lipinski definition) is 0. The molecule has 0 aromatic rings. The second-order valence-corrected chi connectivity index (χ2v) is 3.50. The van der Waals surface area contributed by atoms with Gasteiger partial charge in [0.15, 0.2) is 0 Å². The van der Waals surface area contributed by atoms with Crippen molar-refractivity contribution >= 4 is 7.68 Å². The molecule has 0 heterocycles. The molecule has 0 aliphatic carbocycles. The van der Waals surface area contributed by atoms with Gasteiger partial charge in [-0.3, -0.25) is 4.57 Å². The van der Waals surface area contributed by atoms with Crippen molar-refractivity contribution in [3.8, 4) is 0 Å². The van der Waals surface area contributed by atoms with Crippen molar-refractivity contribution in [2.45, 2.75) is 19.8 Å². The van der Waals surface area contributed by atoms with Crippen LogP contribution in [-0.2, 0) is 9.29 Å². The maximum Gasteiger partial charge on any atom is 0.398 e. The molecule has 0 amide bonds. The molecule has 0 aromatic carbocycles. The molecule has 9 heavy (non-hydrogen) atoms. The van der Waals surface area contributed by atoms with Gasteiger partial charge in [-0.05, 0) is 10.9 Å². The molecule has 0 aliphatic heterocycles. The molecule has 0 radical (unpaired) electrons. The quantitative estimate of drug-likeness (QED) is 0.588. The van der Waals surface area contributed by atoms with Crippen LogP contribution in [0.25, 0.3) is 0 Å². The van der Waals surface area contributed by atoms with Crippen molar-refractivity contribution in [2.75, 3.05) is 6.16 Å². The molecule has 0 rings (SSSR count). The molecule has 0 fully saturated rings. The maximum atomic E-state index is 12.0. The van der Waals surface area contributed by atoms with Gasteiger partial charge in [-0.15, -0.1) is 4.73 Å². The summed E-state index contributed by atoms with van der Waals surface area (Å²) in [7, 11) is -4.36. The predicted molar refractivity (Wildman–Crippen MR) is 30.7 cm³/mol. The van der Waals surface area contributed by atoms with Gasteiger partial charge in [0.1, 0.15) is 0 Å². The summed E-state index contributed by atoms with van der Waals surface area (Å²) in [5, 5.41) is 0. The Morgan fingerprint density at radius 2 is 2.22 bits per heavy atom. The van der Waals surface area contributed by atoms with Crippen molar-refractivity contribution in [3.05, 3.63) is 0 Å². The average molecular weight is 158 g/mol. The number of rotatable bonds is 4. The van der Waals surface area contributed by atoms with Crippen molar-refractivity contribution in [2.24, 2.45) is 0 Å². The third-order valence-corrected chi connectivity index (χ3v) is 1.94. The summed E-state index contributed by atoms with van der Waals surface area (Å²) in [6, 6.07) is 0. The fourth-order valence-electron chi connectivity index (χ4n) is 0.381. The highest BCUT2D eigenvalue weighted by molar-refractivity contribution is 7.53. The van der Waals surface area contributed by atoms with Crippen molar-refractivity contribution in [3.63, 3.8) is 0 Å². The molecular formula is C4H9F2O2P. The maximum absolute atomic E-state index is 12.0. The molecule has 0 spiro atoms. The second kappa shape index (κ2) is 3.96. The van der Waals surface area contributed by atoms with Crippen LogP contribution in [0.4, 0.5) is 8.72 Å². The molecule has 0 N–H and O–H groups in total. The van der Waals surface area contributed by atoms with Gasteiger partial charge in [-0.1, -0.05) is 13.3 Å². The second-order valence-electron chi connectivity index (χ2n) is 1.74. The molecular weight excluding hydrogens is 149 g/mol. The molecule has 5 heteroatoms. The zero-order chi connectivity index (χ0) is 7.33. The van der Waals surface area contributed by atoms with Gasteiger partial charge in [0.25, 0.3) is 0 Å². The van der Waals surface area contributed by atoms with Crippen molar-refractivity contribution in [1.29, 1.82) is 0 Å². The minimum Gasteiger partial charge on any atom is -0.252 e. The van der Waals surface area contributed by atoms with E-state index >= 15 is 0 Å². The van der Waals surface area contributed by atoms with Gasteiger partial charge in [-0.25, -0.2) is 0 Å². The van der Waals surface area contributed by atoms with Gasteiger partial charge < -0.3 is 0 Å². The van der Waals surface area contributed by atoms with E-state index in [2.05, 4.69) is 4.73 Å². The monoisotopic (exact) mass is 158 g/mol. The highest BCUT2D eigenvalue weighted by Crippen LogP contribution is 2.49. The summed E-state index contributed by atoms with van der Waals surface area (Å²) < 4.78 is 35.6. The summed E-state index contributed by atoms with van der Waals surface area (Å²) in [4.78, 5) is 0. The minimum atomic E-state index is -4.36. The first-order chi connectivity index (χ1) is 4.12. The van der Waals surface area contributed by atoms with E-state index < -0.39 is 7.68 Å². The molecule has 0 bridgehead atoms. The van der Waals surface area contributed by atoms with E-state index in [0.29, 0.717) is 12.8 Å². The summed E-state index contributed by atoms with van der Waals surface area (Å²) in [5.74, 6) is 0. The largest absolute Gasteiger partial charge is 0.398 e. The number of unbranched alkanes of at least 4 members (excludes halogenated alkanes) is 1. The molecule has 0 aliphatic rings. The van der Waals surface area contributed by atoms with Crippen LogP contribution in [0.3, 0.4) is 0 Å². The van der Waals surface area contributed by atoms with Gasteiger partial charge in [0, 0.05) is 0 Å². The number of hydrogen-bond acceptors (Lipinski definition) is 2. The third-order valence-electron chi connectivity index (χ3n) is 0.882. The van der Waals surface area contributed by atoms with Crippen LogP contribution in [0.2, 0.25) is 0 Å². The lowest BCUT2D eigenvalue weighted by molar-refractivity contribution is -0.0120. The van der Waals surface area contributed by atoms with E-state index in [1.165, 1.54) is 0 Å². The molecule has 0 saturated carbocycles. The Kier molecular flexibility index (Phi) is 3.98. The van der Waals surface area contributed by atoms with Crippen LogP contribution in [-0.4, -0.2) is 6.16 Å². The first-order valence-corrected chi connectivity index (χ1v) is 4.41. The molecule has 2 nitrogen and oxygen atoms in total. The van der Waals surface area contributed by atoms with Gasteiger partial charge in [0.2, 0.25) is 0 Å². The summed E-state index contributed by atoms with van der Waals surface area (Å²) in [6.07, 6.45) is 0.745. The molecule has 56 valence electrons. The van der Waals surface area contributed by atoms with Crippen molar-refractivity contribution in [1.82, 2.24) is 0 Å². The van der Waals surface area contributed by atoms with E-state index in [1.54, 1.807) is 6.92 Å². The Morgan fingerprint density at radius 1 is 1.67 bits per heavy atom. The lowest BCUT2D eigenvalue weighted by atomic mass is 10.4. The third kappa shape index (κ3) is 4.55. The summed E-state index contributed by atoms with van der Waals surface area (Å²) in [6.45, 7) is 1.79. The fraction of sp³-hybridized carbons (Fsp3) is 1.00. The minimum absolute atomic E-state index is 0.319. The zero-order valence-corrected chi connectivity index (χ0v) is 6.04. The molecule has 1 atom stereocenters. The van der Waals surface area contributed by atoms with E-state index in [1.807, 2.05) is 0 Å². The normalized spacial score (nSPS) is 17.2. The van der Waals surface area contributed by atoms with Crippen LogP contribution in [0.15, 0.2) is 0 Å². The van der Waals surface area contributed by atoms with Crippen LogP contribution in [0.5, 0.6) is 0 Å². The number of halogens is 2. The standard InChI is InChI=1S/C4H9F2O2P/c1-2-3-4-9(6,7)8-5/h2-4H2,1H3. The van der Waals surface area contributed by atoms with E-state index in [9.17, 15) is 13.3 Å². The van der Waals surface area contributed by atoms with Crippen molar-refractivity contribution < 1.29 is 18.0 Å².